The highest BCUT2D eigenvalue weighted by atomic mass is 16.5. The highest BCUT2D eigenvalue weighted by Gasteiger charge is 2.37. The molecule has 0 amide bonds. The molecule has 30 heavy (non-hydrogen) atoms. The van der Waals surface area contributed by atoms with E-state index < -0.39 is 0 Å². The molecule has 0 unspecified atom stereocenters. The zero-order valence-electron chi connectivity index (χ0n) is 17.2. The molecular weight excluding hydrogens is 378 g/mol. The number of ether oxygens (including phenoxy) is 1. The van der Waals surface area contributed by atoms with Crippen LogP contribution in [0.1, 0.15) is 36.3 Å². The summed E-state index contributed by atoms with van der Waals surface area (Å²) in [5.41, 5.74) is 4.03. The molecule has 0 fully saturated rings. The smallest absolute Gasteiger partial charge is 0.229 e. The molecule has 0 saturated heterocycles. The van der Waals surface area contributed by atoms with Crippen molar-refractivity contribution < 1.29 is 9.53 Å². The fraction of sp³-hybridized carbons (Fsp3) is 0.261. The lowest BCUT2D eigenvalue weighted by Gasteiger charge is -2.28. The van der Waals surface area contributed by atoms with Crippen molar-refractivity contribution in [2.24, 2.45) is 5.41 Å². The largest absolute Gasteiger partial charge is 0.497 e. The predicted octanol–water partition coefficient (Wildman–Crippen LogP) is 4.66. The van der Waals surface area contributed by atoms with Crippen LogP contribution >= 0.6 is 0 Å². The standard InChI is InChI=1S/C23H23N5O2/c1-23(2)12-18-20(19(29)13-23)21(24-14-8-10-15(30-3)11-9-14)27-28(18)22-25-16-6-4-5-7-17(16)26-22/h4-11H,12-13H2,1-3H3,(H,24,27)(H,25,26). The van der Waals surface area contributed by atoms with E-state index in [1.807, 2.05) is 48.5 Å². The van der Waals surface area contributed by atoms with Gasteiger partial charge in [0.05, 0.1) is 29.4 Å². The number of aromatic nitrogens is 4. The Morgan fingerprint density at radius 1 is 1.10 bits per heavy atom. The van der Waals surface area contributed by atoms with Crippen LogP contribution in [0.25, 0.3) is 17.0 Å². The number of carbonyl (C=O) groups is 1. The van der Waals surface area contributed by atoms with E-state index in [-0.39, 0.29) is 11.2 Å². The van der Waals surface area contributed by atoms with Gasteiger partial charge in [0.1, 0.15) is 5.75 Å². The van der Waals surface area contributed by atoms with Gasteiger partial charge in [-0.3, -0.25) is 4.79 Å². The summed E-state index contributed by atoms with van der Waals surface area (Å²) in [6.07, 6.45) is 1.23. The second kappa shape index (κ2) is 6.73. The van der Waals surface area contributed by atoms with Crippen molar-refractivity contribution in [2.45, 2.75) is 26.7 Å². The van der Waals surface area contributed by atoms with E-state index in [0.717, 1.165) is 34.6 Å². The van der Waals surface area contributed by atoms with Gasteiger partial charge >= 0.3 is 0 Å². The quantitative estimate of drug-likeness (QED) is 0.520. The van der Waals surface area contributed by atoms with Crippen LogP contribution in [0.4, 0.5) is 11.5 Å². The Bertz CT molecular complexity index is 1220. The van der Waals surface area contributed by atoms with Crippen LogP contribution in [-0.2, 0) is 6.42 Å². The first-order chi connectivity index (χ1) is 14.4. The van der Waals surface area contributed by atoms with E-state index in [1.54, 1.807) is 11.8 Å². The van der Waals surface area contributed by atoms with Gasteiger partial charge in [-0.2, -0.15) is 0 Å². The first-order valence-electron chi connectivity index (χ1n) is 9.95. The van der Waals surface area contributed by atoms with E-state index in [1.165, 1.54) is 0 Å². The molecule has 0 aliphatic heterocycles. The minimum absolute atomic E-state index is 0.0969. The van der Waals surface area contributed by atoms with Crippen molar-refractivity contribution in [3.63, 3.8) is 0 Å². The SMILES string of the molecule is COc1ccc(Nc2nn(-c3nc4ccccc4[nH]3)c3c2C(=O)CC(C)(C)C3)cc1. The molecule has 0 radical (unpaired) electrons. The van der Waals surface area contributed by atoms with Crippen LogP contribution in [0, 0.1) is 5.41 Å². The molecule has 152 valence electrons. The fourth-order valence-electron chi connectivity index (χ4n) is 4.06. The van der Waals surface area contributed by atoms with Crippen LogP contribution in [0.2, 0.25) is 0 Å². The van der Waals surface area contributed by atoms with Gasteiger partial charge < -0.3 is 15.0 Å². The molecule has 2 N–H and O–H groups in total. The number of imidazole rings is 1. The summed E-state index contributed by atoms with van der Waals surface area (Å²) in [7, 11) is 1.63. The number of para-hydroxylation sites is 2. The van der Waals surface area contributed by atoms with E-state index in [2.05, 4.69) is 24.1 Å². The normalized spacial score (nSPS) is 15.2. The van der Waals surface area contributed by atoms with Gasteiger partial charge in [-0.1, -0.05) is 26.0 Å². The van der Waals surface area contributed by atoms with Crippen LogP contribution in [0.3, 0.4) is 0 Å². The Morgan fingerprint density at radius 2 is 1.87 bits per heavy atom. The molecule has 1 aliphatic rings. The summed E-state index contributed by atoms with van der Waals surface area (Å²) >= 11 is 0. The lowest BCUT2D eigenvalue weighted by Crippen LogP contribution is -2.28. The average molecular weight is 401 g/mol. The number of carbonyl (C=O) groups excluding carboxylic acids is 1. The average Bonchev–Trinajstić information content (AvgIpc) is 3.29. The second-order valence-electron chi connectivity index (χ2n) is 8.45. The third-order valence-electron chi connectivity index (χ3n) is 5.48. The van der Waals surface area contributed by atoms with Crippen molar-refractivity contribution in [1.82, 2.24) is 19.7 Å². The lowest BCUT2D eigenvalue weighted by atomic mass is 9.76. The Hall–Kier alpha value is -3.61. The molecule has 1 aliphatic carbocycles. The van der Waals surface area contributed by atoms with Crippen LogP contribution in [-0.4, -0.2) is 32.6 Å². The lowest BCUT2D eigenvalue weighted by molar-refractivity contribution is 0.0911. The second-order valence-corrected chi connectivity index (χ2v) is 8.45. The number of nitrogens with one attached hydrogen (secondary N) is 2. The van der Waals surface area contributed by atoms with Gasteiger partial charge in [0.15, 0.2) is 11.6 Å². The number of Topliss-reactive ketones (excluding diaryl/α,β-unsaturated/α-hetero) is 1. The van der Waals surface area contributed by atoms with E-state index in [4.69, 9.17) is 14.8 Å². The molecule has 7 nitrogen and oxygen atoms in total. The number of hydrogen-bond acceptors (Lipinski definition) is 5. The molecule has 2 heterocycles. The molecular formula is C23H23N5O2. The molecule has 0 saturated carbocycles. The predicted molar refractivity (Wildman–Crippen MR) is 116 cm³/mol. The van der Waals surface area contributed by atoms with Crippen LogP contribution in [0.5, 0.6) is 5.75 Å². The summed E-state index contributed by atoms with van der Waals surface area (Å²) in [5.74, 6) is 2.03. The number of hydrogen-bond donors (Lipinski definition) is 2. The molecule has 5 rings (SSSR count). The van der Waals surface area contributed by atoms with Crippen molar-refractivity contribution in [3.05, 3.63) is 59.8 Å². The molecule has 7 heteroatoms. The number of methoxy groups -OCH3 is 1. The van der Waals surface area contributed by atoms with Gasteiger partial charge in [-0.15, -0.1) is 5.10 Å². The van der Waals surface area contributed by atoms with E-state index in [0.29, 0.717) is 23.8 Å². The molecule has 2 aromatic heterocycles. The minimum Gasteiger partial charge on any atom is -0.497 e. The maximum atomic E-state index is 13.1. The number of anilines is 2. The number of nitrogens with zero attached hydrogens (tertiary/aromatic N) is 3. The first-order valence-corrected chi connectivity index (χ1v) is 9.95. The van der Waals surface area contributed by atoms with Crippen LogP contribution < -0.4 is 10.1 Å². The van der Waals surface area contributed by atoms with Gasteiger partial charge in [-0.25, -0.2) is 9.67 Å². The zero-order valence-corrected chi connectivity index (χ0v) is 17.2. The Labute approximate surface area is 174 Å². The Balaban J connectivity index is 1.63. The number of ketones is 1. The van der Waals surface area contributed by atoms with Gasteiger partial charge in [0.25, 0.3) is 0 Å². The maximum absolute atomic E-state index is 13.1. The van der Waals surface area contributed by atoms with Gasteiger partial charge in [0.2, 0.25) is 5.95 Å². The van der Waals surface area contributed by atoms with Crippen molar-refractivity contribution >= 4 is 28.3 Å². The number of fused-ring (bicyclic) bond motifs is 2. The summed E-state index contributed by atoms with van der Waals surface area (Å²) in [6, 6.07) is 15.4. The van der Waals surface area contributed by atoms with E-state index >= 15 is 0 Å². The monoisotopic (exact) mass is 401 g/mol. The Morgan fingerprint density at radius 3 is 2.60 bits per heavy atom. The summed E-state index contributed by atoms with van der Waals surface area (Å²) in [5, 5.41) is 8.09. The molecule has 4 aromatic rings. The Kier molecular flexibility index (Phi) is 4.13. The van der Waals surface area contributed by atoms with Crippen molar-refractivity contribution in [1.29, 1.82) is 0 Å². The number of benzene rings is 2. The summed E-state index contributed by atoms with van der Waals surface area (Å²) < 4.78 is 7.00. The number of H-pyrrole nitrogens is 1. The van der Waals surface area contributed by atoms with Gasteiger partial charge in [-0.05, 0) is 48.2 Å². The third kappa shape index (κ3) is 3.12. The highest BCUT2D eigenvalue weighted by Crippen LogP contribution is 2.39. The third-order valence-corrected chi connectivity index (χ3v) is 5.48. The maximum Gasteiger partial charge on any atom is 0.229 e. The molecule has 2 aromatic carbocycles. The highest BCUT2D eigenvalue weighted by molar-refractivity contribution is 6.03. The summed E-state index contributed by atoms with van der Waals surface area (Å²) in [4.78, 5) is 21.1. The van der Waals surface area contributed by atoms with Crippen molar-refractivity contribution in [3.8, 4) is 11.7 Å². The molecule has 0 bridgehead atoms. The first kappa shape index (κ1) is 18.4. The number of rotatable bonds is 4. The topological polar surface area (TPSA) is 84.8 Å². The molecule has 0 spiro atoms. The van der Waals surface area contributed by atoms with Crippen LogP contribution in [0.15, 0.2) is 48.5 Å². The molecule has 0 atom stereocenters. The van der Waals surface area contributed by atoms with Gasteiger partial charge in [0, 0.05) is 12.1 Å². The minimum atomic E-state index is -0.134. The zero-order chi connectivity index (χ0) is 20.9. The summed E-state index contributed by atoms with van der Waals surface area (Å²) in [6.45, 7) is 4.22. The number of aromatic amines is 1. The van der Waals surface area contributed by atoms with Crippen molar-refractivity contribution in [2.75, 3.05) is 12.4 Å². The van der Waals surface area contributed by atoms with E-state index in [9.17, 15) is 4.79 Å². The fourth-order valence-corrected chi connectivity index (χ4v) is 4.06.